The Hall–Kier alpha value is -0.620. The quantitative estimate of drug-likeness (QED) is 0.827. The number of carboxylic acids is 1. The molecule has 2 unspecified atom stereocenters. The molecule has 1 aliphatic heterocycles. The van der Waals surface area contributed by atoms with Crippen molar-refractivity contribution in [2.75, 3.05) is 12.3 Å². The second kappa shape index (κ2) is 6.02. The van der Waals surface area contributed by atoms with E-state index in [1.807, 2.05) is 20.8 Å². The molecular weight excluding hydrogens is 254 g/mol. The number of piperidine rings is 1. The van der Waals surface area contributed by atoms with E-state index in [0.717, 1.165) is 12.8 Å². The number of rotatable bonds is 5. The first-order chi connectivity index (χ1) is 8.25. The van der Waals surface area contributed by atoms with E-state index in [-0.39, 0.29) is 11.7 Å². The molecule has 1 rings (SSSR count). The first kappa shape index (κ1) is 15.4. The first-order valence-electron chi connectivity index (χ1n) is 6.48. The summed E-state index contributed by atoms with van der Waals surface area (Å²) in [7, 11) is -3.45. The van der Waals surface area contributed by atoms with Crippen LogP contribution < -0.4 is 0 Å². The lowest BCUT2D eigenvalue weighted by molar-refractivity contribution is -0.144. The summed E-state index contributed by atoms with van der Waals surface area (Å²) >= 11 is 0. The van der Waals surface area contributed by atoms with Crippen molar-refractivity contribution in [2.24, 2.45) is 11.8 Å². The van der Waals surface area contributed by atoms with Crippen molar-refractivity contribution >= 4 is 16.0 Å². The molecule has 0 saturated carbocycles. The molecule has 0 amide bonds. The van der Waals surface area contributed by atoms with Gasteiger partial charge in [0, 0.05) is 6.54 Å². The first-order valence-corrected chi connectivity index (χ1v) is 8.09. The summed E-state index contributed by atoms with van der Waals surface area (Å²) in [4.78, 5) is 11.3. The molecule has 0 spiro atoms. The predicted octanol–water partition coefficient (Wildman–Crippen LogP) is 1.55. The van der Waals surface area contributed by atoms with Crippen molar-refractivity contribution in [1.29, 1.82) is 0 Å². The van der Waals surface area contributed by atoms with Gasteiger partial charge in [0.2, 0.25) is 10.0 Å². The highest BCUT2D eigenvalue weighted by molar-refractivity contribution is 7.89. The summed E-state index contributed by atoms with van der Waals surface area (Å²) in [6.07, 6.45) is 2.08. The minimum absolute atomic E-state index is 0.0428. The Morgan fingerprint density at radius 1 is 1.44 bits per heavy atom. The standard InChI is InChI=1S/C12H23NO4S/c1-9(2)6-8-18(16,17)13-7-4-5-10(3)11(13)12(14)15/h9-11H,4-8H2,1-3H3,(H,14,15). The molecule has 106 valence electrons. The van der Waals surface area contributed by atoms with Crippen LogP contribution in [0.25, 0.3) is 0 Å². The zero-order valence-electron chi connectivity index (χ0n) is 11.3. The van der Waals surface area contributed by atoms with Gasteiger partial charge in [0.15, 0.2) is 0 Å². The molecule has 1 N–H and O–H groups in total. The Bertz CT molecular complexity index is 391. The van der Waals surface area contributed by atoms with Crippen LogP contribution in [-0.4, -0.2) is 42.1 Å². The lowest BCUT2D eigenvalue weighted by Gasteiger charge is -2.36. The van der Waals surface area contributed by atoms with E-state index in [1.165, 1.54) is 4.31 Å². The number of carbonyl (C=O) groups is 1. The van der Waals surface area contributed by atoms with Crippen molar-refractivity contribution in [3.8, 4) is 0 Å². The molecule has 5 nitrogen and oxygen atoms in total. The predicted molar refractivity (Wildman–Crippen MR) is 69.8 cm³/mol. The third-order valence-electron chi connectivity index (χ3n) is 3.45. The van der Waals surface area contributed by atoms with Crippen LogP contribution in [-0.2, 0) is 14.8 Å². The van der Waals surface area contributed by atoms with Gasteiger partial charge in [-0.3, -0.25) is 4.79 Å². The molecule has 1 aliphatic rings. The lowest BCUT2D eigenvalue weighted by atomic mass is 9.93. The number of hydrogen-bond acceptors (Lipinski definition) is 3. The summed E-state index contributed by atoms with van der Waals surface area (Å²) in [5, 5.41) is 9.21. The lowest BCUT2D eigenvalue weighted by Crippen LogP contribution is -2.52. The van der Waals surface area contributed by atoms with Crippen LogP contribution in [0.4, 0.5) is 0 Å². The molecule has 1 heterocycles. The van der Waals surface area contributed by atoms with Gasteiger partial charge in [-0.15, -0.1) is 0 Å². The summed E-state index contributed by atoms with van der Waals surface area (Å²) in [5.74, 6) is -0.813. The van der Waals surface area contributed by atoms with Gasteiger partial charge in [0.05, 0.1) is 5.75 Å². The van der Waals surface area contributed by atoms with Gasteiger partial charge in [0.25, 0.3) is 0 Å². The molecule has 2 atom stereocenters. The van der Waals surface area contributed by atoms with E-state index in [0.29, 0.717) is 18.9 Å². The van der Waals surface area contributed by atoms with Gasteiger partial charge in [-0.2, -0.15) is 4.31 Å². The number of sulfonamides is 1. The van der Waals surface area contributed by atoms with E-state index in [2.05, 4.69) is 0 Å². The van der Waals surface area contributed by atoms with Crippen LogP contribution in [0.5, 0.6) is 0 Å². The maximum atomic E-state index is 12.2. The number of carboxylic acid groups (broad SMARTS) is 1. The fraction of sp³-hybridized carbons (Fsp3) is 0.917. The maximum absolute atomic E-state index is 12.2. The molecule has 18 heavy (non-hydrogen) atoms. The topological polar surface area (TPSA) is 74.7 Å². The molecule has 1 fully saturated rings. The third kappa shape index (κ3) is 3.68. The summed E-state index contributed by atoms with van der Waals surface area (Å²) < 4.78 is 25.6. The molecule has 0 aromatic rings. The van der Waals surface area contributed by atoms with Crippen LogP contribution in [0, 0.1) is 11.8 Å². The van der Waals surface area contributed by atoms with Crippen LogP contribution in [0.3, 0.4) is 0 Å². The minimum atomic E-state index is -3.45. The largest absolute Gasteiger partial charge is 0.480 e. The van der Waals surface area contributed by atoms with Crippen molar-refractivity contribution < 1.29 is 18.3 Å². The molecule has 1 saturated heterocycles. The van der Waals surface area contributed by atoms with Crippen molar-refractivity contribution in [2.45, 2.75) is 46.1 Å². The van der Waals surface area contributed by atoms with E-state index >= 15 is 0 Å². The Morgan fingerprint density at radius 3 is 2.56 bits per heavy atom. The van der Waals surface area contributed by atoms with Crippen molar-refractivity contribution in [3.05, 3.63) is 0 Å². The fourth-order valence-electron chi connectivity index (χ4n) is 2.33. The Labute approximate surface area is 109 Å². The molecule has 0 bridgehead atoms. The highest BCUT2D eigenvalue weighted by atomic mass is 32.2. The zero-order chi connectivity index (χ0) is 13.9. The average molecular weight is 277 g/mol. The minimum Gasteiger partial charge on any atom is -0.480 e. The summed E-state index contributed by atoms with van der Waals surface area (Å²) in [6.45, 7) is 6.07. The van der Waals surface area contributed by atoms with Gasteiger partial charge in [-0.1, -0.05) is 20.8 Å². The second-order valence-electron chi connectivity index (χ2n) is 5.51. The molecular formula is C12H23NO4S. The molecule has 0 radical (unpaired) electrons. The fourth-order valence-corrected chi connectivity index (χ4v) is 4.39. The highest BCUT2D eigenvalue weighted by Gasteiger charge is 2.40. The Balaban J connectivity index is 2.86. The van der Waals surface area contributed by atoms with Gasteiger partial charge in [-0.05, 0) is 31.1 Å². The number of aliphatic carboxylic acids is 1. The third-order valence-corrected chi connectivity index (χ3v) is 5.33. The summed E-state index contributed by atoms with van der Waals surface area (Å²) in [5.41, 5.74) is 0. The molecule has 6 heteroatoms. The van der Waals surface area contributed by atoms with Crippen molar-refractivity contribution in [1.82, 2.24) is 4.31 Å². The SMILES string of the molecule is CC(C)CCS(=O)(=O)N1CCCC(C)C1C(=O)O. The molecule has 0 aromatic heterocycles. The molecule has 0 aromatic carbocycles. The van der Waals surface area contributed by atoms with Gasteiger partial charge in [-0.25, -0.2) is 8.42 Å². The van der Waals surface area contributed by atoms with Crippen molar-refractivity contribution in [3.63, 3.8) is 0 Å². The number of nitrogens with zero attached hydrogens (tertiary/aromatic N) is 1. The Morgan fingerprint density at radius 2 is 2.06 bits per heavy atom. The van der Waals surface area contributed by atoms with E-state index < -0.39 is 22.0 Å². The van der Waals surface area contributed by atoms with Crippen LogP contribution in [0.15, 0.2) is 0 Å². The van der Waals surface area contributed by atoms with Crippen LogP contribution in [0.1, 0.15) is 40.0 Å². The Kier molecular flexibility index (Phi) is 5.16. The second-order valence-corrected chi connectivity index (χ2v) is 7.55. The zero-order valence-corrected chi connectivity index (χ0v) is 12.1. The molecule has 0 aliphatic carbocycles. The smallest absolute Gasteiger partial charge is 0.322 e. The highest BCUT2D eigenvalue weighted by Crippen LogP contribution is 2.26. The summed E-state index contributed by atoms with van der Waals surface area (Å²) in [6, 6.07) is -0.893. The van der Waals surface area contributed by atoms with E-state index in [9.17, 15) is 18.3 Å². The van der Waals surface area contributed by atoms with Gasteiger partial charge >= 0.3 is 5.97 Å². The van der Waals surface area contributed by atoms with Gasteiger partial charge < -0.3 is 5.11 Å². The monoisotopic (exact) mass is 277 g/mol. The average Bonchev–Trinajstić information content (AvgIpc) is 2.25. The normalized spacial score (nSPS) is 26.4. The van der Waals surface area contributed by atoms with E-state index in [4.69, 9.17) is 0 Å². The number of hydrogen-bond donors (Lipinski definition) is 1. The van der Waals surface area contributed by atoms with E-state index in [1.54, 1.807) is 0 Å². The maximum Gasteiger partial charge on any atom is 0.322 e. The van der Waals surface area contributed by atoms with Gasteiger partial charge in [0.1, 0.15) is 6.04 Å². The van der Waals surface area contributed by atoms with Crippen LogP contribution in [0.2, 0.25) is 0 Å². The van der Waals surface area contributed by atoms with Crippen LogP contribution >= 0.6 is 0 Å².